The highest BCUT2D eigenvalue weighted by Crippen LogP contribution is 2.04. The Morgan fingerprint density at radius 1 is 1.32 bits per heavy atom. The van der Waals surface area contributed by atoms with Crippen molar-refractivity contribution in [2.45, 2.75) is 13.8 Å². The van der Waals surface area contributed by atoms with Gasteiger partial charge in [-0.15, -0.1) is 0 Å². The smallest absolute Gasteiger partial charge is 0.257 e. The number of benzene rings is 1. The van der Waals surface area contributed by atoms with Crippen LogP contribution in [0.15, 0.2) is 30.3 Å². The van der Waals surface area contributed by atoms with Crippen molar-refractivity contribution in [1.29, 1.82) is 0 Å². The molecule has 0 saturated carbocycles. The Kier molecular flexibility index (Phi) is 5.23. The molecule has 19 heavy (non-hydrogen) atoms. The normalized spacial score (nSPS) is 12.0. The Labute approximate surface area is 112 Å². The summed E-state index contributed by atoms with van der Waals surface area (Å²) >= 11 is 0. The van der Waals surface area contributed by atoms with E-state index in [0.717, 1.165) is 6.08 Å². The molecule has 0 aromatic heterocycles. The first-order valence-corrected chi connectivity index (χ1v) is 7.42. The SMILES string of the molecule is CC(C)CS(=O)(=O)NC(=O)/C=C/c1ccc(F)cc1. The molecular weight excluding hydrogens is 269 g/mol. The number of sulfonamides is 1. The molecule has 4 nitrogen and oxygen atoms in total. The highest BCUT2D eigenvalue weighted by molar-refractivity contribution is 7.90. The summed E-state index contributed by atoms with van der Waals surface area (Å²) in [7, 11) is -3.60. The van der Waals surface area contributed by atoms with Crippen LogP contribution in [0.1, 0.15) is 19.4 Å². The highest BCUT2D eigenvalue weighted by Gasteiger charge is 2.14. The molecule has 0 unspecified atom stereocenters. The maximum atomic E-state index is 12.6. The van der Waals surface area contributed by atoms with Gasteiger partial charge in [0.15, 0.2) is 0 Å². The molecule has 0 spiro atoms. The summed E-state index contributed by atoms with van der Waals surface area (Å²) in [5, 5.41) is 0. The molecule has 0 heterocycles. The number of amides is 1. The van der Waals surface area contributed by atoms with Gasteiger partial charge in [-0.3, -0.25) is 4.79 Å². The van der Waals surface area contributed by atoms with E-state index in [2.05, 4.69) is 0 Å². The Balaban J connectivity index is 2.63. The van der Waals surface area contributed by atoms with Crippen LogP contribution in [-0.4, -0.2) is 20.1 Å². The van der Waals surface area contributed by atoms with Crippen molar-refractivity contribution in [3.8, 4) is 0 Å². The van der Waals surface area contributed by atoms with Gasteiger partial charge in [-0.05, 0) is 29.7 Å². The number of hydrogen-bond donors (Lipinski definition) is 1. The Morgan fingerprint density at radius 2 is 1.89 bits per heavy atom. The van der Waals surface area contributed by atoms with Gasteiger partial charge in [-0.2, -0.15) is 0 Å². The van der Waals surface area contributed by atoms with Gasteiger partial charge in [0.25, 0.3) is 5.91 Å². The molecule has 0 aliphatic rings. The van der Waals surface area contributed by atoms with Gasteiger partial charge in [0, 0.05) is 6.08 Å². The zero-order chi connectivity index (χ0) is 14.5. The third-order valence-electron chi connectivity index (χ3n) is 2.11. The quantitative estimate of drug-likeness (QED) is 0.841. The second kappa shape index (κ2) is 6.47. The third-order valence-corrected chi connectivity index (χ3v) is 3.72. The monoisotopic (exact) mass is 285 g/mol. The van der Waals surface area contributed by atoms with Gasteiger partial charge >= 0.3 is 0 Å². The Bertz CT molecular complexity index is 562. The summed E-state index contributed by atoms with van der Waals surface area (Å²) < 4.78 is 37.6. The fourth-order valence-corrected chi connectivity index (χ4v) is 2.75. The zero-order valence-electron chi connectivity index (χ0n) is 10.8. The molecule has 6 heteroatoms. The van der Waals surface area contributed by atoms with Gasteiger partial charge in [-0.1, -0.05) is 26.0 Å². The minimum atomic E-state index is -3.60. The van der Waals surface area contributed by atoms with E-state index in [0.29, 0.717) is 5.56 Å². The standard InChI is InChI=1S/C13H16FNO3S/c1-10(2)9-19(17,18)15-13(16)8-5-11-3-6-12(14)7-4-11/h3-8,10H,9H2,1-2H3,(H,15,16)/b8-5+. The summed E-state index contributed by atoms with van der Waals surface area (Å²) in [6, 6.07) is 5.49. The molecule has 0 saturated heterocycles. The van der Waals surface area contributed by atoms with Crippen molar-refractivity contribution in [3.05, 3.63) is 41.7 Å². The molecular formula is C13H16FNO3S. The first-order valence-electron chi connectivity index (χ1n) is 5.76. The fourth-order valence-electron chi connectivity index (χ4n) is 1.41. The topological polar surface area (TPSA) is 63.2 Å². The van der Waals surface area contributed by atoms with Gasteiger partial charge in [-0.25, -0.2) is 17.5 Å². The average Bonchev–Trinajstić information content (AvgIpc) is 2.25. The van der Waals surface area contributed by atoms with Crippen LogP contribution in [0, 0.1) is 11.7 Å². The lowest BCUT2D eigenvalue weighted by Crippen LogP contribution is -2.32. The van der Waals surface area contributed by atoms with Crippen LogP contribution in [0.4, 0.5) is 4.39 Å². The molecule has 1 N–H and O–H groups in total. The molecule has 0 aliphatic carbocycles. The minimum Gasteiger partial charge on any atom is -0.269 e. The molecule has 0 aliphatic heterocycles. The van der Waals surface area contributed by atoms with E-state index in [4.69, 9.17) is 0 Å². The summed E-state index contributed by atoms with van der Waals surface area (Å²) in [4.78, 5) is 11.4. The van der Waals surface area contributed by atoms with Crippen molar-refractivity contribution in [1.82, 2.24) is 4.72 Å². The molecule has 1 aromatic carbocycles. The average molecular weight is 285 g/mol. The summed E-state index contributed by atoms with van der Waals surface area (Å²) in [5.74, 6) is -1.26. The van der Waals surface area contributed by atoms with E-state index in [1.165, 1.54) is 30.3 Å². The van der Waals surface area contributed by atoms with Crippen molar-refractivity contribution in [2.75, 3.05) is 5.75 Å². The molecule has 104 valence electrons. The van der Waals surface area contributed by atoms with Crippen LogP contribution in [-0.2, 0) is 14.8 Å². The summed E-state index contributed by atoms with van der Waals surface area (Å²) in [5.41, 5.74) is 0.609. The van der Waals surface area contributed by atoms with Gasteiger partial charge < -0.3 is 0 Å². The van der Waals surface area contributed by atoms with Crippen LogP contribution < -0.4 is 4.72 Å². The van der Waals surface area contributed by atoms with Gasteiger partial charge in [0.1, 0.15) is 5.82 Å². The van der Waals surface area contributed by atoms with Gasteiger partial charge in [0.2, 0.25) is 10.0 Å². The van der Waals surface area contributed by atoms with Crippen LogP contribution >= 0.6 is 0 Å². The van der Waals surface area contributed by atoms with E-state index < -0.39 is 15.9 Å². The molecule has 1 aromatic rings. The predicted molar refractivity (Wildman–Crippen MR) is 72.2 cm³/mol. The highest BCUT2D eigenvalue weighted by atomic mass is 32.2. The van der Waals surface area contributed by atoms with Crippen molar-refractivity contribution in [2.24, 2.45) is 5.92 Å². The van der Waals surface area contributed by atoms with E-state index in [1.54, 1.807) is 13.8 Å². The molecule has 0 atom stereocenters. The van der Waals surface area contributed by atoms with E-state index in [9.17, 15) is 17.6 Å². The molecule has 1 amide bonds. The number of halogens is 1. The van der Waals surface area contributed by atoms with Crippen molar-refractivity contribution in [3.63, 3.8) is 0 Å². The van der Waals surface area contributed by atoms with E-state index >= 15 is 0 Å². The Morgan fingerprint density at radius 3 is 2.42 bits per heavy atom. The van der Waals surface area contributed by atoms with Crippen LogP contribution in [0.25, 0.3) is 6.08 Å². The fraction of sp³-hybridized carbons (Fsp3) is 0.308. The molecule has 1 rings (SSSR count). The number of carbonyl (C=O) groups is 1. The van der Waals surface area contributed by atoms with Gasteiger partial charge in [0.05, 0.1) is 5.75 Å². The van der Waals surface area contributed by atoms with Crippen molar-refractivity contribution >= 4 is 22.0 Å². The predicted octanol–water partition coefficient (Wildman–Crippen LogP) is 1.94. The van der Waals surface area contributed by atoms with E-state index in [-0.39, 0.29) is 17.5 Å². The number of rotatable bonds is 5. The maximum absolute atomic E-state index is 12.6. The third kappa shape index (κ3) is 6.15. The first kappa shape index (κ1) is 15.4. The minimum absolute atomic E-state index is 0.0635. The number of nitrogens with one attached hydrogen (secondary N) is 1. The molecule has 0 bridgehead atoms. The largest absolute Gasteiger partial charge is 0.269 e. The molecule has 0 radical (unpaired) electrons. The molecule has 0 fully saturated rings. The summed E-state index contributed by atoms with van der Waals surface area (Å²) in [6.45, 7) is 3.50. The lowest BCUT2D eigenvalue weighted by Gasteiger charge is -2.06. The number of carbonyl (C=O) groups excluding carboxylic acids is 1. The van der Waals surface area contributed by atoms with Crippen LogP contribution in [0.5, 0.6) is 0 Å². The van der Waals surface area contributed by atoms with Crippen molar-refractivity contribution < 1.29 is 17.6 Å². The second-order valence-electron chi connectivity index (χ2n) is 4.53. The second-order valence-corrected chi connectivity index (χ2v) is 6.29. The van der Waals surface area contributed by atoms with E-state index in [1.807, 2.05) is 4.72 Å². The summed E-state index contributed by atoms with van der Waals surface area (Å²) in [6.07, 6.45) is 2.52. The zero-order valence-corrected chi connectivity index (χ0v) is 11.6. The lowest BCUT2D eigenvalue weighted by atomic mass is 10.2. The van der Waals surface area contributed by atoms with Crippen LogP contribution in [0.2, 0.25) is 0 Å². The van der Waals surface area contributed by atoms with Crippen LogP contribution in [0.3, 0.4) is 0 Å². The lowest BCUT2D eigenvalue weighted by molar-refractivity contribution is -0.114. The first-order chi connectivity index (χ1) is 8.78. The number of hydrogen-bond acceptors (Lipinski definition) is 3. The Hall–Kier alpha value is -1.69. The maximum Gasteiger partial charge on any atom is 0.257 e.